The van der Waals surface area contributed by atoms with Gasteiger partial charge in [0.05, 0.1) is 6.42 Å². The first-order valence-corrected chi connectivity index (χ1v) is 8.56. The number of piperidine rings is 1. The maximum Gasteiger partial charge on any atom is 0.317 e. The van der Waals surface area contributed by atoms with Gasteiger partial charge in [-0.1, -0.05) is 30.3 Å². The van der Waals surface area contributed by atoms with Gasteiger partial charge in [0.1, 0.15) is 0 Å². The van der Waals surface area contributed by atoms with E-state index in [0.717, 1.165) is 31.5 Å². The lowest BCUT2D eigenvalue weighted by Crippen LogP contribution is -2.51. The van der Waals surface area contributed by atoms with Crippen molar-refractivity contribution in [1.29, 1.82) is 0 Å². The lowest BCUT2D eigenvalue weighted by Gasteiger charge is -2.36. The number of urea groups is 1. The van der Waals surface area contributed by atoms with E-state index in [2.05, 4.69) is 15.5 Å². The number of hydrogen-bond acceptors (Lipinski definition) is 3. The maximum atomic E-state index is 12.2. The number of nitrogens with one attached hydrogen (secondary N) is 2. The number of hydrogen-bond donors (Lipinski definition) is 2. The van der Waals surface area contributed by atoms with Gasteiger partial charge in [-0.2, -0.15) is 0 Å². The highest BCUT2D eigenvalue weighted by molar-refractivity contribution is 5.78. The first-order valence-electron chi connectivity index (χ1n) is 8.56. The highest BCUT2D eigenvalue weighted by Crippen LogP contribution is 2.13. The third kappa shape index (κ3) is 5.85. The fraction of sp³-hybridized carbons (Fsp3) is 0.556. The SMILES string of the molecule is CN(C)[C@H]1CCCN(C(=O)NCCNC(=O)Cc2ccccc2)C1. The second kappa shape index (κ2) is 9.27. The van der Waals surface area contributed by atoms with Crippen LogP contribution in [0.4, 0.5) is 4.79 Å². The number of rotatable bonds is 6. The average molecular weight is 332 g/mol. The zero-order valence-electron chi connectivity index (χ0n) is 14.6. The smallest absolute Gasteiger partial charge is 0.317 e. The van der Waals surface area contributed by atoms with E-state index in [1.807, 2.05) is 49.3 Å². The molecule has 24 heavy (non-hydrogen) atoms. The van der Waals surface area contributed by atoms with Crippen LogP contribution in [0.5, 0.6) is 0 Å². The molecule has 3 amide bonds. The molecule has 0 unspecified atom stereocenters. The Kier molecular flexibility index (Phi) is 7.06. The Bertz CT molecular complexity index is 533. The first-order chi connectivity index (χ1) is 11.6. The minimum Gasteiger partial charge on any atom is -0.354 e. The molecule has 1 aromatic carbocycles. The van der Waals surface area contributed by atoms with Crippen molar-refractivity contribution in [2.75, 3.05) is 40.3 Å². The Balaban J connectivity index is 1.63. The zero-order chi connectivity index (χ0) is 17.4. The molecule has 132 valence electrons. The summed E-state index contributed by atoms with van der Waals surface area (Å²) < 4.78 is 0. The molecule has 1 fully saturated rings. The Labute approximate surface area is 144 Å². The van der Waals surface area contributed by atoms with Gasteiger partial charge in [0, 0.05) is 32.2 Å². The summed E-state index contributed by atoms with van der Waals surface area (Å²) in [6, 6.07) is 10.0. The van der Waals surface area contributed by atoms with E-state index in [0.29, 0.717) is 25.6 Å². The molecule has 6 heteroatoms. The monoisotopic (exact) mass is 332 g/mol. The van der Waals surface area contributed by atoms with Crippen molar-refractivity contribution in [3.8, 4) is 0 Å². The van der Waals surface area contributed by atoms with Crippen LogP contribution in [0.1, 0.15) is 18.4 Å². The highest BCUT2D eigenvalue weighted by atomic mass is 16.2. The number of likely N-dealkylation sites (tertiary alicyclic amines) is 1. The van der Waals surface area contributed by atoms with Crippen LogP contribution in [0.15, 0.2) is 30.3 Å². The van der Waals surface area contributed by atoms with E-state index in [-0.39, 0.29) is 11.9 Å². The van der Waals surface area contributed by atoms with Crippen LogP contribution in [0, 0.1) is 0 Å². The van der Waals surface area contributed by atoms with Crippen molar-refractivity contribution < 1.29 is 9.59 Å². The summed E-state index contributed by atoms with van der Waals surface area (Å²) in [4.78, 5) is 28.1. The van der Waals surface area contributed by atoms with Crippen LogP contribution < -0.4 is 10.6 Å². The van der Waals surface area contributed by atoms with E-state index in [1.165, 1.54) is 0 Å². The summed E-state index contributed by atoms with van der Waals surface area (Å²) in [5, 5.41) is 5.72. The highest BCUT2D eigenvalue weighted by Gasteiger charge is 2.24. The summed E-state index contributed by atoms with van der Waals surface area (Å²) in [5.41, 5.74) is 0.988. The zero-order valence-corrected chi connectivity index (χ0v) is 14.6. The Hall–Kier alpha value is -2.08. The first kappa shape index (κ1) is 18.3. The molecule has 6 nitrogen and oxygen atoms in total. The fourth-order valence-electron chi connectivity index (χ4n) is 2.89. The van der Waals surface area contributed by atoms with Gasteiger partial charge in [0.25, 0.3) is 0 Å². The number of nitrogens with zero attached hydrogens (tertiary/aromatic N) is 2. The van der Waals surface area contributed by atoms with Crippen LogP contribution in [0.3, 0.4) is 0 Å². The molecule has 1 heterocycles. The standard InChI is InChI=1S/C18H28N4O2/c1-21(2)16-9-6-12-22(14-16)18(24)20-11-10-19-17(23)13-15-7-4-3-5-8-15/h3-5,7-8,16H,6,9-14H2,1-2H3,(H,19,23)(H,20,24)/t16-/m0/s1. The second-order valence-corrected chi connectivity index (χ2v) is 6.45. The maximum absolute atomic E-state index is 12.2. The number of carbonyl (C=O) groups excluding carboxylic acids is 2. The molecule has 1 atom stereocenters. The lowest BCUT2D eigenvalue weighted by molar-refractivity contribution is -0.120. The Morgan fingerprint density at radius 3 is 2.58 bits per heavy atom. The predicted molar refractivity (Wildman–Crippen MR) is 94.8 cm³/mol. The molecule has 0 spiro atoms. The Morgan fingerprint density at radius 2 is 1.88 bits per heavy atom. The molecule has 1 aliphatic rings. The van der Waals surface area contributed by atoms with Gasteiger partial charge in [-0.15, -0.1) is 0 Å². The topological polar surface area (TPSA) is 64.7 Å². The third-order valence-electron chi connectivity index (χ3n) is 4.34. The van der Waals surface area contributed by atoms with Gasteiger partial charge in [0.2, 0.25) is 5.91 Å². The molecule has 2 N–H and O–H groups in total. The van der Waals surface area contributed by atoms with E-state index < -0.39 is 0 Å². The molecular weight excluding hydrogens is 304 g/mol. The van der Waals surface area contributed by atoms with E-state index >= 15 is 0 Å². The molecule has 0 saturated carbocycles. The van der Waals surface area contributed by atoms with Gasteiger partial charge in [-0.25, -0.2) is 4.79 Å². The normalized spacial score (nSPS) is 17.6. The number of likely N-dealkylation sites (N-methyl/N-ethyl adjacent to an activating group) is 1. The molecule has 2 rings (SSSR count). The minimum atomic E-state index is -0.0427. The van der Waals surface area contributed by atoms with E-state index in [9.17, 15) is 9.59 Å². The summed E-state index contributed by atoms with van der Waals surface area (Å²) in [7, 11) is 4.10. The summed E-state index contributed by atoms with van der Waals surface area (Å²) in [5.74, 6) is -0.0268. The van der Waals surface area contributed by atoms with Crippen molar-refractivity contribution >= 4 is 11.9 Å². The minimum absolute atomic E-state index is 0.0268. The molecule has 1 saturated heterocycles. The fourth-order valence-corrected chi connectivity index (χ4v) is 2.89. The molecule has 0 aliphatic carbocycles. The van der Waals surface area contributed by atoms with Gasteiger partial charge < -0.3 is 20.4 Å². The summed E-state index contributed by atoms with van der Waals surface area (Å²) in [6.45, 7) is 2.46. The van der Waals surface area contributed by atoms with Gasteiger partial charge in [0.15, 0.2) is 0 Å². The second-order valence-electron chi connectivity index (χ2n) is 6.45. The van der Waals surface area contributed by atoms with Crippen molar-refractivity contribution in [2.45, 2.75) is 25.3 Å². The van der Waals surface area contributed by atoms with Crippen molar-refractivity contribution in [1.82, 2.24) is 20.4 Å². The number of carbonyl (C=O) groups is 2. The van der Waals surface area contributed by atoms with Crippen LogP contribution in [0.2, 0.25) is 0 Å². The third-order valence-corrected chi connectivity index (χ3v) is 4.34. The number of benzene rings is 1. The molecule has 1 aliphatic heterocycles. The summed E-state index contributed by atoms with van der Waals surface area (Å²) in [6.07, 6.45) is 2.53. The molecule has 0 radical (unpaired) electrons. The summed E-state index contributed by atoms with van der Waals surface area (Å²) >= 11 is 0. The van der Waals surface area contributed by atoms with Crippen LogP contribution in [-0.4, -0.2) is 68.1 Å². The molecule has 0 aromatic heterocycles. The van der Waals surface area contributed by atoms with Gasteiger partial charge in [-0.3, -0.25) is 4.79 Å². The lowest BCUT2D eigenvalue weighted by atomic mass is 10.1. The van der Waals surface area contributed by atoms with Crippen LogP contribution >= 0.6 is 0 Å². The number of amides is 3. The average Bonchev–Trinajstić information content (AvgIpc) is 2.59. The van der Waals surface area contributed by atoms with Crippen LogP contribution in [-0.2, 0) is 11.2 Å². The van der Waals surface area contributed by atoms with Crippen molar-refractivity contribution in [3.05, 3.63) is 35.9 Å². The van der Waals surface area contributed by atoms with Crippen molar-refractivity contribution in [2.24, 2.45) is 0 Å². The van der Waals surface area contributed by atoms with Gasteiger partial charge >= 0.3 is 6.03 Å². The molecule has 0 bridgehead atoms. The molecular formula is C18H28N4O2. The van der Waals surface area contributed by atoms with Crippen molar-refractivity contribution in [3.63, 3.8) is 0 Å². The molecule has 1 aromatic rings. The van der Waals surface area contributed by atoms with E-state index in [1.54, 1.807) is 0 Å². The largest absolute Gasteiger partial charge is 0.354 e. The Morgan fingerprint density at radius 1 is 1.17 bits per heavy atom. The van der Waals surface area contributed by atoms with Gasteiger partial charge in [-0.05, 0) is 32.5 Å². The predicted octanol–water partition coefficient (Wildman–Crippen LogP) is 1.08. The van der Waals surface area contributed by atoms with Crippen LogP contribution in [0.25, 0.3) is 0 Å². The quantitative estimate of drug-likeness (QED) is 0.766. The van der Waals surface area contributed by atoms with E-state index in [4.69, 9.17) is 0 Å².